The maximum Gasteiger partial charge on any atom is 0.320 e. The molecule has 1 fully saturated rings. The lowest BCUT2D eigenvalue weighted by molar-refractivity contribution is -0.145. The van der Waals surface area contributed by atoms with Gasteiger partial charge in [0, 0.05) is 17.4 Å². The van der Waals surface area contributed by atoms with Gasteiger partial charge >= 0.3 is 5.97 Å². The molecule has 4 nitrogen and oxygen atoms in total. The zero-order valence-corrected chi connectivity index (χ0v) is 13.7. The van der Waals surface area contributed by atoms with Crippen LogP contribution in [0, 0.1) is 5.92 Å². The number of hydrogen-bond donors (Lipinski definition) is 1. The van der Waals surface area contributed by atoms with Crippen molar-refractivity contribution >= 4 is 21.9 Å². The molecule has 1 aromatic rings. The zero-order valence-electron chi connectivity index (χ0n) is 12.1. The maximum atomic E-state index is 11.5. The molecule has 5 heteroatoms. The number of fused-ring (bicyclic) bond motifs is 1. The van der Waals surface area contributed by atoms with Crippen LogP contribution in [0.15, 0.2) is 22.7 Å². The van der Waals surface area contributed by atoms with E-state index in [2.05, 4.69) is 33.8 Å². The lowest BCUT2D eigenvalue weighted by Gasteiger charge is -2.37. The molecule has 1 N–H and O–H groups in total. The minimum Gasteiger partial charge on any atom is -0.488 e. The maximum absolute atomic E-state index is 11.5. The third kappa shape index (κ3) is 3.24. The van der Waals surface area contributed by atoms with Gasteiger partial charge in [-0.25, -0.2) is 0 Å². The van der Waals surface area contributed by atoms with E-state index in [1.807, 2.05) is 12.1 Å². The Kier molecular flexibility index (Phi) is 4.22. The molecule has 2 aliphatic heterocycles. The van der Waals surface area contributed by atoms with Crippen molar-refractivity contribution in [1.29, 1.82) is 0 Å². The number of nitrogens with zero attached hydrogens (tertiary/aromatic N) is 1. The quantitative estimate of drug-likeness (QED) is 0.907. The average Bonchev–Trinajstić information content (AvgIpc) is 2.82. The van der Waals surface area contributed by atoms with Crippen LogP contribution < -0.4 is 4.74 Å². The van der Waals surface area contributed by atoms with Crippen LogP contribution >= 0.6 is 15.9 Å². The van der Waals surface area contributed by atoms with Gasteiger partial charge in [-0.3, -0.25) is 9.69 Å². The van der Waals surface area contributed by atoms with Crippen molar-refractivity contribution in [3.05, 3.63) is 28.2 Å². The summed E-state index contributed by atoms with van der Waals surface area (Å²) in [5.74, 6) is 0.709. The van der Waals surface area contributed by atoms with E-state index in [1.54, 1.807) is 0 Å². The van der Waals surface area contributed by atoms with Gasteiger partial charge in [-0.1, -0.05) is 22.9 Å². The van der Waals surface area contributed by atoms with E-state index in [0.717, 1.165) is 36.0 Å². The normalized spacial score (nSPS) is 29.0. The van der Waals surface area contributed by atoms with Gasteiger partial charge in [0.05, 0.1) is 0 Å². The van der Waals surface area contributed by atoms with Crippen LogP contribution in [-0.2, 0) is 11.2 Å². The van der Waals surface area contributed by atoms with Crippen molar-refractivity contribution in [1.82, 2.24) is 4.90 Å². The van der Waals surface area contributed by atoms with Crippen molar-refractivity contribution in [2.24, 2.45) is 5.92 Å². The predicted molar refractivity (Wildman–Crippen MR) is 83.7 cm³/mol. The molecule has 21 heavy (non-hydrogen) atoms. The molecule has 1 saturated heterocycles. The largest absolute Gasteiger partial charge is 0.488 e. The third-order valence-corrected chi connectivity index (χ3v) is 4.96. The minimum absolute atomic E-state index is 0.0598. The van der Waals surface area contributed by atoms with Crippen molar-refractivity contribution in [3.8, 4) is 5.75 Å². The second kappa shape index (κ2) is 5.97. The standard InChI is InChI=1S/C16H20BrNO3/c1-10-4-5-18(14(6-10)16(19)20)9-13-8-11-7-12(17)2-3-15(11)21-13/h2-3,7,10,13-14H,4-6,8-9H2,1H3,(H,19,20). The van der Waals surface area contributed by atoms with E-state index >= 15 is 0 Å². The summed E-state index contributed by atoms with van der Waals surface area (Å²) in [5.41, 5.74) is 1.20. The van der Waals surface area contributed by atoms with E-state index in [-0.39, 0.29) is 12.1 Å². The molecular weight excluding hydrogens is 334 g/mol. The van der Waals surface area contributed by atoms with Gasteiger partial charge in [-0.2, -0.15) is 0 Å². The lowest BCUT2D eigenvalue weighted by Crippen LogP contribution is -2.50. The second-order valence-corrected chi connectivity index (χ2v) is 7.09. The van der Waals surface area contributed by atoms with Crippen molar-refractivity contribution in [2.45, 2.75) is 38.3 Å². The number of carboxylic acids is 1. The Labute approximate surface area is 133 Å². The van der Waals surface area contributed by atoms with E-state index in [9.17, 15) is 9.90 Å². The third-order valence-electron chi connectivity index (χ3n) is 4.46. The Morgan fingerprint density at radius 1 is 1.52 bits per heavy atom. The van der Waals surface area contributed by atoms with Gasteiger partial charge in [-0.05, 0) is 49.1 Å². The highest BCUT2D eigenvalue weighted by atomic mass is 79.9. The number of halogens is 1. The highest BCUT2D eigenvalue weighted by Crippen LogP contribution is 2.32. The molecule has 0 bridgehead atoms. The second-order valence-electron chi connectivity index (χ2n) is 6.17. The number of ether oxygens (including phenoxy) is 1. The van der Waals surface area contributed by atoms with Crippen molar-refractivity contribution in [2.75, 3.05) is 13.1 Å². The molecule has 1 aromatic carbocycles. The first-order valence-corrected chi connectivity index (χ1v) is 8.24. The summed E-state index contributed by atoms with van der Waals surface area (Å²) in [6, 6.07) is 5.67. The summed E-state index contributed by atoms with van der Waals surface area (Å²) < 4.78 is 7.02. The molecule has 0 saturated carbocycles. The number of carbonyl (C=O) groups is 1. The number of aliphatic carboxylic acids is 1. The Hall–Kier alpha value is -1.07. The van der Waals surface area contributed by atoms with Crippen LogP contribution in [0.2, 0.25) is 0 Å². The fraction of sp³-hybridized carbons (Fsp3) is 0.562. The molecule has 2 aliphatic rings. The number of rotatable bonds is 3. The van der Waals surface area contributed by atoms with Crippen LogP contribution in [0.1, 0.15) is 25.3 Å². The predicted octanol–water partition coefficient (Wildman–Crippen LogP) is 2.94. The highest BCUT2D eigenvalue weighted by molar-refractivity contribution is 9.10. The summed E-state index contributed by atoms with van der Waals surface area (Å²) in [7, 11) is 0. The summed E-state index contributed by atoms with van der Waals surface area (Å²) >= 11 is 3.47. The Morgan fingerprint density at radius 2 is 2.33 bits per heavy atom. The molecule has 0 radical (unpaired) electrons. The average molecular weight is 354 g/mol. The van der Waals surface area contributed by atoms with Gasteiger partial charge in [0.1, 0.15) is 17.9 Å². The molecule has 3 atom stereocenters. The number of carboxylic acid groups (broad SMARTS) is 1. The lowest BCUT2D eigenvalue weighted by atomic mass is 9.92. The van der Waals surface area contributed by atoms with Crippen LogP contribution in [-0.4, -0.2) is 41.2 Å². The summed E-state index contributed by atoms with van der Waals surface area (Å²) in [4.78, 5) is 13.5. The first kappa shape index (κ1) is 14.9. The fourth-order valence-electron chi connectivity index (χ4n) is 3.32. The number of piperidine rings is 1. The molecule has 0 aromatic heterocycles. The van der Waals surface area contributed by atoms with E-state index in [0.29, 0.717) is 12.5 Å². The van der Waals surface area contributed by atoms with Gasteiger partial charge in [0.25, 0.3) is 0 Å². The van der Waals surface area contributed by atoms with Crippen LogP contribution in [0.25, 0.3) is 0 Å². The van der Waals surface area contributed by atoms with Gasteiger partial charge in [-0.15, -0.1) is 0 Å². The van der Waals surface area contributed by atoms with E-state index < -0.39 is 5.97 Å². The first-order chi connectivity index (χ1) is 10.0. The molecule has 3 unspecified atom stereocenters. The van der Waals surface area contributed by atoms with E-state index in [1.165, 1.54) is 5.56 Å². The molecule has 0 spiro atoms. The first-order valence-electron chi connectivity index (χ1n) is 7.45. The summed E-state index contributed by atoms with van der Waals surface area (Å²) in [6.45, 7) is 3.67. The monoisotopic (exact) mass is 353 g/mol. The molecule has 114 valence electrons. The van der Waals surface area contributed by atoms with Gasteiger partial charge < -0.3 is 9.84 Å². The van der Waals surface area contributed by atoms with Gasteiger partial charge in [0.15, 0.2) is 0 Å². The molecular formula is C16H20BrNO3. The molecule has 3 rings (SSSR count). The fourth-order valence-corrected chi connectivity index (χ4v) is 3.73. The van der Waals surface area contributed by atoms with Crippen molar-refractivity contribution in [3.63, 3.8) is 0 Å². The smallest absolute Gasteiger partial charge is 0.320 e. The van der Waals surface area contributed by atoms with Crippen LogP contribution in [0.3, 0.4) is 0 Å². The summed E-state index contributed by atoms with van der Waals surface area (Å²) in [5, 5.41) is 9.42. The zero-order chi connectivity index (χ0) is 15.0. The molecule has 0 amide bonds. The van der Waals surface area contributed by atoms with Crippen LogP contribution in [0.4, 0.5) is 0 Å². The molecule has 0 aliphatic carbocycles. The highest BCUT2D eigenvalue weighted by Gasteiger charge is 2.34. The minimum atomic E-state index is -0.709. The number of hydrogen-bond acceptors (Lipinski definition) is 3. The molecule has 2 heterocycles. The number of likely N-dealkylation sites (tertiary alicyclic amines) is 1. The van der Waals surface area contributed by atoms with Gasteiger partial charge in [0.2, 0.25) is 0 Å². The van der Waals surface area contributed by atoms with E-state index in [4.69, 9.17) is 4.74 Å². The Morgan fingerprint density at radius 3 is 3.10 bits per heavy atom. The summed E-state index contributed by atoms with van der Waals surface area (Å²) in [6.07, 6.45) is 2.72. The topological polar surface area (TPSA) is 49.8 Å². The SMILES string of the molecule is CC1CCN(CC2Cc3cc(Br)ccc3O2)C(C(=O)O)C1. The van der Waals surface area contributed by atoms with Crippen LogP contribution in [0.5, 0.6) is 5.75 Å². The Bertz CT molecular complexity index is 548. The Balaban J connectivity index is 1.66. The number of benzene rings is 1. The van der Waals surface area contributed by atoms with Crippen molar-refractivity contribution < 1.29 is 14.6 Å².